The standard InChI is InChI=1S/C15H16BrN5/c1-10(8-21-5-4-18-9-21)20-14-3-2-13(17)12-6-11(16)7-19-15(12)14/h2-7,9-10,20H,8,17H2,1H3. The van der Waals surface area contributed by atoms with Gasteiger partial charge in [-0.2, -0.15) is 0 Å². The Morgan fingerprint density at radius 2 is 2.29 bits per heavy atom. The van der Waals surface area contributed by atoms with Crippen LogP contribution in [0, 0.1) is 0 Å². The lowest BCUT2D eigenvalue weighted by atomic mass is 10.1. The number of nitrogens with one attached hydrogen (secondary N) is 1. The highest BCUT2D eigenvalue weighted by molar-refractivity contribution is 9.10. The average Bonchev–Trinajstić information content (AvgIpc) is 2.95. The van der Waals surface area contributed by atoms with E-state index >= 15 is 0 Å². The Bertz CT molecular complexity index is 754. The molecule has 3 rings (SSSR count). The lowest BCUT2D eigenvalue weighted by molar-refractivity contribution is 0.619. The van der Waals surface area contributed by atoms with E-state index < -0.39 is 0 Å². The van der Waals surface area contributed by atoms with Gasteiger partial charge in [0, 0.05) is 46.7 Å². The van der Waals surface area contributed by atoms with Crippen LogP contribution >= 0.6 is 15.9 Å². The van der Waals surface area contributed by atoms with Gasteiger partial charge in [-0.1, -0.05) is 0 Å². The molecule has 6 heteroatoms. The first-order chi connectivity index (χ1) is 10.1. The van der Waals surface area contributed by atoms with Gasteiger partial charge < -0.3 is 15.6 Å². The van der Waals surface area contributed by atoms with E-state index in [1.54, 1.807) is 12.4 Å². The summed E-state index contributed by atoms with van der Waals surface area (Å²) in [5, 5.41) is 4.44. The molecule has 0 aliphatic heterocycles. The van der Waals surface area contributed by atoms with E-state index in [1.807, 2.05) is 35.3 Å². The van der Waals surface area contributed by atoms with Crippen molar-refractivity contribution in [2.45, 2.75) is 19.5 Å². The zero-order valence-corrected chi connectivity index (χ0v) is 13.2. The fourth-order valence-corrected chi connectivity index (χ4v) is 2.69. The van der Waals surface area contributed by atoms with Gasteiger partial charge in [0.25, 0.3) is 0 Å². The highest BCUT2D eigenvalue weighted by atomic mass is 79.9. The summed E-state index contributed by atoms with van der Waals surface area (Å²) in [6, 6.07) is 6.12. The second-order valence-electron chi connectivity index (χ2n) is 5.06. The maximum absolute atomic E-state index is 6.03. The molecule has 0 spiro atoms. The van der Waals surface area contributed by atoms with Gasteiger partial charge >= 0.3 is 0 Å². The molecule has 0 fully saturated rings. The van der Waals surface area contributed by atoms with E-state index in [9.17, 15) is 0 Å². The van der Waals surface area contributed by atoms with Crippen LogP contribution in [-0.2, 0) is 6.54 Å². The van der Waals surface area contributed by atoms with E-state index in [2.05, 4.69) is 38.1 Å². The molecule has 21 heavy (non-hydrogen) atoms. The molecule has 3 aromatic rings. The van der Waals surface area contributed by atoms with E-state index in [4.69, 9.17) is 5.73 Å². The second-order valence-corrected chi connectivity index (χ2v) is 5.97. The number of aromatic nitrogens is 3. The van der Waals surface area contributed by atoms with Crippen LogP contribution in [-0.4, -0.2) is 20.6 Å². The molecule has 0 aliphatic carbocycles. The quantitative estimate of drug-likeness (QED) is 0.712. The summed E-state index contributed by atoms with van der Waals surface area (Å²) in [5.74, 6) is 0. The lowest BCUT2D eigenvalue weighted by Gasteiger charge is -2.17. The second kappa shape index (κ2) is 5.73. The third-order valence-corrected chi connectivity index (χ3v) is 3.73. The molecule has 0 radical (unpaired) electrons. The Kier molecular flexibility index (Phi) is 3.79. The summed E-state index contributed by atoms with van der Waals surface area (Å²) < 4.78 is 2.96. The van der Waals surface area contributed by atoms with Crippen LogP contribution in [0.1, 0.15) is 6.92 Å². The SMILES string of the molecule is CC(Cn1ccnc1)Nc1ccc(N)c2cc(Br)cnc12. The number of nitrogen functional groups attached to an aromatic ring is 1. The molecule has 5 nitrogen and oxygen atoms in total. The Morgan fingerprint density at radius 1 is 1.43 bits per heavy atom. The van der Waals surface area contributed by atoms with Crippen molar-refractivity contribution in [3.05, 3.63) is 47.6 Å². The number of hydrogen-bond donors (Lipinski definition) is 2. The molecule has 1 unspecified atom stereocenters. The van der Waals surface area contributed by atoms with Gasteiger partial charge in [-0.15, -0.1) is 0 Å². The fourth-order valence-electron chi connectivity index (χ4n) is 2.35. The molecule has 0 saturated heterocycles. The molecule has 3 N–H and O–H groups in total. The number of anilines is 2. The summed E-state index contributed by atoms with van der Waals surface area (Å²) in [4.78, 5) is 8.54. The van der Waals surface area contributed by atoms with E-state index in [0.717, 1.165) is 33.3 Å². The molecule has 0 saturated carbocycles. The van der Waals surface area contributed by atoms with Crippen molar-refractivity contribution in [2.24, 2.45) is 0 Å². The number of benzene rings is 1. The van der Waals surface area contributed by atoms with Crippen molar-refractivity contribution in [3.8, 4) is 0 Å². The van der Waals surface area contributed by atoms with Gasteiger partial charge in [-0.3, -0.25) is 4.98 Å². The minimum atomic E-state index is 0.247. The first kappa shape index (κ1) is 13.9. The number of fused-ring (bicyclic) bond motifs is 1. The number of nitrogens with zero attached hydrogens (tertiary/aromatic N) is 3. The first-order valence-corrected chi connectivity index (χ1v) is 7.49. The number of halogens is 1. The number of imidazole rings is 1. The van der Waals surface area contributed by atoms with Crippen molar-refractivity contribution in [1.82, 2.24) is 14.5 Å². The van der Waals surface area contributed by atoms with Gasteiger partial charge in [0.15, 0.2) is 0 Å². The molecular weight excluding hydrogens is 330 g/mol. The van der Waals surface area contributed by atoms with Gasteiger partial charge in [-0.05, 0) is 41.1 Å². The molecule has 1 atom stereocenters. The molecule has 0 aliphatic rings. The van der Waals surface area contributed by atoms with Crippen LogP contribution < -0.4 is 11.1 Å². The van der Waals surface area contributed by atoms with Crippen molar-refractivity contribution >= 4 is 38.2 Å². The van der Waals surface area contributed by atoms with E-state index in [0.29, 0.717) is 0 Å². The van der Waals surface area contributed by atoms with E-state index in [1.165, 1.54) is 0 Å². The van der Waals surface area contributed by atoms with Crippen LogP contribution in [0.25, 0.3) is 10.9 Å². The van der Waals surface area contributed by atoms with Gasteiger partial charge in [0.2, 0.25) is 0 Å². The van der Waals surface area contributed by atoms with Crippen LogP contribution in [0.2, 0.25) is 0 Å². The van der Waals surface area contributed by atoms with Crippen molar-refractivity contribution in [3.63, 3.8) is 0 Å². The Hall–Kier alpha value is -2.08. The maximum Gasteiger partial charge on any atom is 0.0954 e. The van der Waals surface area contributed by atoms with Gasteiger partial charge in [0.05, 0.1) is 17.5 Å². The van der Waals surface area contributed by atoms with Crippen molar-refractivity contribution in [1.29, 1.82) is 0 Å². The molecule has 0 bridgehead atoms. The molecule has 1 aromatic carbocycles. The minimum Gasteiger partial charge on any atom is -0.398 e. The largest absolute Gasteiger partial charge is 0.398 e. The normalized spacial score (nSPS) is 12.5. The predicted octanol–water partition coefficient (Wildman–Crippen LogP) is 3.28. The summed E-state index contributed by atoms with van der Waals surface area (Å²) in [6.45, 7) is 2.96. The minimum absolute atomic E-state index is 0.247. The fraction of sp³-hybridized carbons (Fsp3) is 0.200. The predicted molar refractivity (Wildman–Crippen MR) is 89.2 cm³/mol. The average molecular weight is 346 g/mol. The molecule has 2 aromatic heterocycles. The van der Waals surface area contributed by atoms with Crippen LogP contribution in [0.4, 0.5) is 11.4 Å². The maximum atomic E-state index is 6.03. The number of hydrogen-bond acceptors (Lipinski definition) is 4. The summed E-state index contributed by atoms with van der Waals surface area (Å²) >= 11 is 3.43. The highest BCUT2D eigenvalue weighted by Gasteiger charge is 2.09. The molecule has 2 heterocycles. The summed E-state index contributed by atoms with van der Waals surface area (Å²) in [5.41, 5.74) is 8.63. The number of rotatable bonds is 4. The third kappa shape index (κ3) is 3.00. The van der Waals surface area contributed by atoms with Crippen LogP contribution in [0.15, 0.2) is 47.6 Å². The van der Waals surface area contributed by atoms with Crippen molar-refractivity contribution in [2.75, 3.05) is 11.1 Å². The van der Waals surface area contributed by atoms with Crippen LogP contribution in [0.3, 0.4) is 0 Å². The van der Waals surface area contributed by atoms with Gasteiger partial charge in [-0.25, -0.2) is 4.98 Å². The zero-order chi connectivity index (χ0) is 14.8. The number of nitrogens with two attached hydrogens (primary N) is 1. The monoisotopic (exact) mass is 345 g/mol. The summed E-state index contributed by atoms with van der Waals surface area (Å²) in [7, 11) is 0. The topological polar surface area (TPSA) is 68.8 Å². The zero-order valence-electron chi connectivity index (χ0n) is 11.6. The third-order valence-electron chi connectivity index (χ3n) is 3.30. The highest BCUT2D eigenvalue weighted by Crippen LogP contribution is 2.29. The number of pyridine rings is 1. The van der Waals surface area contributed by atoms with Gasteiger partial charge in [0.1, 0.15) is 0 Å². The smallest absolute Gasteiger partial charge is 0.0954 e. The van der Waals surface area contributed by atoms with Crippen molar-refractivity contribution < 1.29 is 0 Å². The Balaban J connectivity index is 1.88. The van der Waals surface area contributed by atoms with Crippen LogP contribution in [0.5, 0.6) is 0 Å². The molecule has 108 valence electrons. The molecule has 0 amide bonds. The first-order valence-electron chi connectivity index (χ1n) is 6.69. The molecular formula is C15H16BrN5. The lowest BCUT2D eigenvalue weighted by Crippen LogP contribution is -2.21. The summed E-state index contributed by atoms with van der Waals surface area (Å²) in [6.07, 6.45) is 7.33. The Morgan fingerprint density at radius 3 is 3.05 bits per heavy atom. The van der Waals surface area contributed by atoms with E-state index in [-0.39, 0.29) is 6.04 Å². The Labute approximate surface area is 131 Å².